The van der Waals surface area contributed by atoms with Crippen molar-refractivity contribution in [3.63, 3.8) is 0 Å². The molecule has 1 aromatic carbocycles. The Morgan fingerprint density at radius 2 is 2.32 bits per heavy atom. The summed E-state index contributed by atoms with van der Waals surface area (Å²) in [7, 11) is 3.45. The standard InChI is InChI=1S/C14H19FN2O2/c1-9(14(18)17(2)3)16-8-12-7-10-6-11(15)4-5-13(10)19-12/h4-6,9,12,16H,7-8H2,1-3H3. The molecule has 104 valence electrons. The summed E-state index contributed by atoms with van der Waals surface area (Å²) >= 11 is 0. The van der Waals surface area contributed by atoms with E-state index < -0.39 is 0 Å². The molecule has 0 radical (unpaired) electrons. The van der Waals surface area contributed by atoms with Crippen LogP contribution in [0.4, 0.5) is 4.39 Å². The van der Waals surface area contributed by atoms with E-state index in [0.29, 0.717) is 13.0 Å². The largest absolute Gasteiger partial charge is 0.488 e. The van der Waals surface area contributed by atoms with Crippen molar-refractivity contribution < 1.29 is 13.9 Å². The van der Waals surface area contributed by atoms with Crippen LogP contribution in [0.2, 0.25) is 0 Å². The van der Waals surface area contributed by atoms with Gasteiger partial charge in [-0.2, -0.15) is 0 Å². The Morgan fingerprint density at radius 3 is 3.00 bits per heavy atom. The summed E-state index contributed by atoms with van der Waals surface area (Å²) in [5.74, 6) is 0.522. The average Bonchev–Trinajstić information content (AvgIpc) is 2.76. The predicted molar refractivity (Wildman–Crippen MR) is 70.7 cm³/mol. The Kier molecular flexibility index (Phi) is 4.04. The van der Waals surface area contributed by atoms with Gasteiger partial charge in [-0.25, -0.2) is 4.39 Å². The van der Waals surface area contributed by atoms with Gasteiger partial charge < -0.3 is 15.0 Å². The van der Waals surface area contributed by atoms with Gasteiger partial charge in [-0.15, -0.1) is 0 Å². The maximum Gasteiger partial charge on any atom is 0.238 e. The number of rotatable bonds is 4. The van der Waals surface area contributed by atoms with Crippen molar-refractivity contribution in [2.75, 3.05) is 20.6 Å². The van der Waals surface area contributed by atoms with Crippen molar-refractivity contribution in [1.82, 2.24) is 10.2 Å². The number of ether oxygens (including phenoxy) is 1. The second kappa shape index (κ2) is 5.57. The average molecular weight is 266 g/mol. The molecule has 0 fully saturated rings. The van der Waals surface area contributed by atoms with Gasteiger partial charge in [0.2, 0.25) is 5.91 Å². The summed E-state index contributed by atoms with van der Waals surface area (Å²) in [4.78, 5) is 13.2. The minimum atomic E-state index is -0.251. The molecule has 4 nitrogen and oxygen atoms in total. The van der Waals surface area contributed by atoms with Crippen LogP contribution in [-0.4, -0.2) is 43.6 Å². The van der Waals surface area contributed by atoms with E-state index in [1.807, 2.05) is 6.92 Å². The molecule has 0 saturated carbocycles. The Labute approximate surface area is 112 Å². The highest BCUT2D eigenvalue weighted by atomic mass is 19.1. The number of amides is 1. The fourth-order valence-corrected chi connectivity index (χ4v) is 2.19. The highest BCUT2D eigenvalue weighted by Crippen LogP contribution is 2.28. The van der Waals surface area contributed by atoms with Gasteiger partial charge in [0.15, 0.2) is 0 Å². The highest BCUT2D eigenvalue weighted by molar-refractivity contribution is 5.80. The van der Waals surface area contributed by atoms with Gasteiger partial charge in [0.1, 0.15) is 17.7 Å². The molecule has 2 unspecified atom stereocenters. The summed E-state index contributed by atoms with van der Waals surface area (Å²) in [6.07, 6.45) is 0.623. The lowest BCUT2D eigenvalue weighted by Crippen LogP contribution is -2.45. The van der Waals surface area contributed by atoms with Crippen molar-refractivity contribution in [2.45, 2.75) is 25.5 Å². The van der Waals surface area contributed by atoms with Crippen LogP contribution in [0, 0.1) is 5.82 Å². The lowest BCUT2D eigenvalue weighted by atomic mass is 10.1. The van der Waals surface area contributed by atoms with Crippen LogP contribution in [0.3, 0.4) is 0 Å². The maximum atomic E-state index is 13.1. The number of nitrogens with one attached hydrogen (secondary N) is 1. The normalized spacial score (nSPS) is 18.6. The molecular weight excluding hydrogens is 247 g/mol. The van der Waals surface area contributed by atoms with Gasteiger partial charge in [0, 0.05) is 32.6 Å². The topological polar surface area (TPSA) is 41.6 Å². The molecule has 1 aliphatic rings. The third kappa shape index (κ3) is 3.23. The first-order valence-corrected chi connectivity index (χ1v) is 6.37. The van der Waals surface area contributed by atoms with E-state index in [4.69, 9.17) is 4.74 Å². The third-order valence-electron chi connectivity index (χ3n) is 3.23. The van der Waals surface area contributed by atoms with Crippen LogP contribution >= 0.6 is 0 Å². The number of likely N-dealkylation sites (N-methyl/N-ethyl adjacent to an activating group) is 1. The minimum absolute atomic E-state index is 0.0292. The van der Waals surface area contributed by atoms with Gasteiger partial charge in [0.25, 0.3) is 0 Å². The first kappa shape index (κ1) is 13.8. The Morgan fingerprint density at radius 1 is 1.58 bits per heavy atom. The molecule has 19 heavy (non-hydrogen) atoms. The highest BCUT2D eigenvalue weighted by Gasteiger charge is 2.24. The second-order valence-corrected chi connectivity index (χ2v) is 5.06. The first-order chi connectivity index (χ1) is 8.97. The summed E-state index contributed by atoms with van der Waals surface area (Å²) < 4.78 is 18.8. The van der Waals surface area contributed by atoms with Crippen LogP contribution in [0.5, 0.6) is 5.75 Å². The van der Waals surface area contributed by atoms with Crippen molar-refractivity contribution in [2.24, 2.45) is 0 Å². The van der Waals surface area contributed by atoms with Gasteiger partial charge in [-0.05, 0) is 25.1 Å². The fourth-order valence-electron chi connectivity index (χ4n) is 2.19. The molecule has 0 aromatic heterocycles. The molecule has 1 aliphatic heterocycles. The van der Waals surface area contributed by atoms with E-state index in [2.05, 4.69) is 5.32 Å². The zero-order valence-corrected chi connectivity index (χ0v) is 11.4. The van der Waals surface area contributed by atoms with Crippen LogP contribution in [0.1, 0.15) is 12.5 Å². The van der Waals surface area contributed by atoms with Crippen LogP contribution in [0.25, 0.3) is 0 Å². The van der Waals surface area contributed by atoms with E-state index >= 15 is 0 Å². The molecule has 2 atom stereocenters. The molecule has 1 N–H and O–H groups in total. The Bertz CT molecular complexity index is 477. The monoisotopic (exact) mass is 266 g/mol. The minimum Gasteiger partial charge on any atom is -0.488 e. The van der Waals surface area contributed by atoms with Crippen molar-refractivity contribution in [3.05, 3.63) is 29.6 Å². The summed E-state index contributed by atoms with van der Waals surface area (Å²) in [6.45, 7) is 2.39. The lowest BCUT2D eigenvalue weighted by molar-refractivity contribution is -0.130. The zero-order chi connectivity index (χ0) is 14.0. The Balaban J connectivity index is 1.86. The smallest absolute Gasteiger partial charge is 0.238 e. The first-order valence-electron chi connectivity index (χ1n) is 6.37. The lowest BCUT2D eigenvalue weighted by Gasteiger charge is -2.20. The SMILES string of the molecule is CC(NCC1Cc2cc(F)ccc2O1)C(=O)N(C)C. The number of fused-ring (bicyclic) bond motifs is 1. The summed E-state index contributed by atoms with van der Waals surface area (Å²) in [5.41, 5.74) is 0.887. The van der Waals surface area contributed by atoms with Crippen molar-refractivity contribution in [1.29, 1.82) is 0 Å². The zero-order valence-electron chi connectivity index (χ0n) is 11.4. The van der Waals surface area contributed by atoms with Gasteiger partial charge in [-0.3, -0.25) is 4.79 Å². The number of hydrogen-bond acceptors (Lipinski definition) is 3. The molecule has 0 bridgehead atoms. The van der Waals surface area contributed by atoms with E-state index in [1.54, 1.807) is 25.1 Å². The molecular formula is C14H19FN2O2. The molecule has 0 spiro atoms. The van der Waals surface area contributed by atoms with E-state index in [-0.39, 0.29) is 23.9 Å². The van der Waals surface area contributed by atoms with Gasteiger partial charge in [0.05, 0.1) is 6.04 Å². The number of halogens is 1. The molecule has 5 heteroatoms. The maximum absolute atomic E-state index is 13.1. The predicted octanol–water partition coefficient (Wildman–Crippen LogP) is 1.20. The van der Waals surface area contributed by atoms with Crippen LogP contribution in [-0.2, 0) is 11.2 Å². The number of carbonyl (C=O) groups is 1. The van der Waals surface area contributed by atoms with E-state index in [0.717, 1.165) is 11.3 Å². The fraction of sp³-hybridized carbons (Fsp3) is 0.500. The van der Waals surface area contributed by atoms with Crippen LogP contribution in [0.15, 0.2) is 18.2 Å². The molecule has 2 rings (SSSR count). The molecule has 1 amide bonds. The molecule has 0 aliphatic carbocycles. The van der Waals surface area contributed by atoms with Crippen molar-refractivity contribution >= 4 is 5.91 Å². The van der Waals surface area contributed by atoms with Gasteiger partial charge >= 0.3 is 0 Å². The molecule has 1 aromatic rings. The quantitative estimate of drug-likeness (QED) is 0.890. The summed E-state index contributed by atoms with van der Waals surface area (Å²) in [6, 6.07) is 4.30. The number of hydrogen-bond donors (Lipinski definition) is 1. The second-order valence-electron chi connectivity index (χ2n) is 5.06. The number of nitrogens with zero attached hydrogens (tertiary/aromatic N) is 1. The molecule has 1 heterocycles. The van der Waals surface area contributed by atoms with E-state index in [9.17, 15) is 9.18 Å². The molecule has 0 saturated heterocycles. The van der Waals surface area contributed by atoms with Crippen molar-refractivity contribution in [3.8, 4) is 5.75 Å². The Hall–Kier alpha value is -1.62. The van der Waals surface area contributed by atoms with Crippen LogP contribution < -0.4 is 10.1 Å². The third-order valence-corrected chi connectivity index (χ3v) is 3.23. The summed E-state index contributed by atoms with van der Waals surface area (Å²) in [5, 5.41) is 3.15. The number of benzene rings is 1. The van der Waals surface area contributed by atoms with E-state index in [1.165, 1.54) is 12.1 Å². The number of carbonyl (C=O) groups excluding carboxylic acids is 1. The van der Waals surface area contributed by atoms with Gasteiger partial charge in [-0.1, -0.05) is 0 Å².